The Labute approximate surface area is 144 Å². The van der Waals surface area contributed by atoms with Crippen LogP contribution < -0.4 is 0 Å². The fraction of sp³-hybridized carbons (Fsp3) is 0.842. The number of hydrogen-bond acceptors (Lipinski definition) is 3. The minimum Gasteiger partial charge on any atom is -0.310 e. The van der Waals surface area contributed by atoms with Crippen LogP contribution in [-0.4, -0.2) is 46.1 Å². The molecule has 1 atom stereocenters. The van der Waals surface area contributed by atoms with Gasteiger partial charge in [0.25, 0.3) is 5.91 Å². The largest absolute Gasteiger partial charge is 0.328 e. The van der Waals surface area contributed by atoms with Crippen molar-refractivity contribution in [3.05, 3.63) is 0 Å². The first-order chi connectivity index (χ1) is 11.5. The van der Waals surface area contributed by atoms with Crippen molar-refractivity contribution in [2.24, 2.45) is 11.8 Å². The van der Waals surface area contributed by atoms with E-state index in [0.29, 0.717) is 6.54 Å². The third kappa shape index (κ3) is 2.76. The van der Waals surface area contributed by atoms with E-state index >= 15 is 0 Å². The van der Waals surface area contributed by atoms with Gasteiger partial charge in [-0.1, -0.05) is 32.1 Å². The molecular formula is C19H30N2O3. The number of likely N-dealkylation sites (N-methyl/N-ethyl adjacent to an activating group) is 1. The summed E-state index contributed by atoms with van der Waals surface area (Å²) in [5.41, 5.74) is -0.755. The van der Waals surface area contributed by atoms with Gasteiger partial charge in [0, 0.05) is 12.5 Å². The normalized spacial score (nSPS) is 29.8. The summed E-state index contributed by atoms with van der Waals surface area (Å²) < 4.78 is 0. The summed E-state index contributed by atoms with van der Waals surface area (Å²) in [4.78, 5) is 41.5. The van der Waals surface area contributed by atoms with Crippen molar-refractivity contribution in [1.82, 2.24) is 9.80 Å². The third-order valence-corrected chi connectivity index (χ3v) is 6.54. The molecule has 1 unspecified atom stereocenters. The lowest BCUT2D eigenvalue weighted by atomic mass is 9.82. The van der Waals surface area contributed by atoms with Crippen molar-refractivity contribution < 1.29 is 14.4 Å². The molecule has 3 aliphatic rings. The summed E-state index contributed by atoms with van der Waals surface area (Å²) in [7, 11) is 0. The quantitative estimate of drug-likeness (QED) is 0.724. The SMILES string of the molecule is CCN1C(=O)N(CC(=O)C2CCCCC2)C(=O)C1(C)C1CCCC1. The van der Waals surface area contributed by atoms with Crippen LogP contribution in [0.1, 0.15) is 71.6 Å². The van der Waals surface area contributed by atoms with E-state index in [1.54, 1.807) is 4.90 Å². The molecule has 5 heteroatoms. The molecule has 1 heterocycles. The van der Waals surface area contributed by atoms with Gasteiger partial charge in [0.05, 0.1) is 6.54 Å². The average Bonchev–Trinajstić information content (AvgIpc) is 3.19. The van der Waals surface area contributed by atoms with E-state index in [1.807, 2.05) is 13.8 Å². The highest BCUT2D eigenvalue weighted by molar-refractivity contribution is 6.09. The van der Waals surface area contributed by atoms with Crippen molar-refractivity contribution in [1.29, 1.82) is 0 Å². The van der Waals surface area contributed by atoms with Gasteiger partial charge in [-0.15, -0.1) is 0 Å². The molecular weight excluding hydrogens is 304 g/mol. The first-order valence-electron chi connectivity index (χ1n) is 9.66. The first-order valence-corrected chi connectivity index (χ1v) is 9.66. The van der Waals surface area contributed by atoms with Crippen molar-refractivity contribution >= 4 is 17.7 Å². The van der Waals surface area contributed by atoms with E-state index < -0.39 is 5.54 Å². The number of nitrogens with zero attached hydrogens (tertiary/aromatic N) is 2. The average molecular weight is 334 g/mol. The number of imide groups is 1. The zero-order valence-corrected chi connectivity index (χ0v) is 15.1. The van der Waals surface area contributed by atoms with Crippen LogP contribution in [0.5, 0.6) is 0 Å². The van der Waals surface area contributed by atoms with E-state index in [-0.39, 0.29) is 36.1 Å². The zero-order chi connectivity index (χ0) is 17.3. The lowest BCUT2D eigenvalue weighted by Crippen LogP contribution is -2.52. The molecule has 0 N–H and O–H groups in total. The molecule has 0 bridgehead atoms. The van der Waals surface area contributed by atoms with Crippen LogP contribution in [0, 0.1) is 11.8 Å². The molecule has 0 aromatic rings. The summed E-state index contributed by atoms with van der Waals surface area (Å²) in [6.45, 7) is 4.33. The molecule has 0 aromatic heterocycles. The van der Waals surface area contributed by atoms with Gasteiger partial charge in [-0.3, -0.25) is 14.5 Å². The van der Waals surface area contributed by atoms with Crippen LogP contribution in [0.15, 0.2) is 0 Å². The Balaban J connectivity index is 1.77. The Morgan fingerprint density at radius 1 is 1.04 bits per heavy atom. The smallest absolute Gasteiger partial charge is 0.310 e. The molecule has 3 fully saturated rings. The molecule has 24 heavy (non-hydrogen) atoms. The summed E-state index contributed by atoms with van der Waals surface area (Å²) in [5.74, 6) is 0.185. The van der Waals surface area contributed by atoms with Crippen molar-refractivity contribution in [2.75, 3.05) is 13.1 Å². The summed E-state index contributed by atoms with van der Waals surface area (Å²) >= 11 is 0. The van der Waals surface area contributed by atoms with Gasteiger partial charge in [-0.25, -0.2) is 4.79 Å². The zero-order valence-electron chi connectivity index (χ0n) is 15.1. The summed E-state index contributed by atoms with van der Waals surface area (Å²) in [6.07, 6.45) is 9.42. The number of ketones is 1. The third-order valence-electron chi connectivity index (χ3n) is 6.54. The van der Waals surface area contributed by atoms with Crippen LogP contribution in [0.3, 0.4) is 0 Å². The van der Waals surface area contributed by atoms with Gasteiger partial charge in [0.2, 0.25) is 0 Å². The number of carbonyl (C=O) groups is 3. The van der Waals surface area contributed by atoms with E-state index in [2.05, 4.69) is 0 Å². The van der Waals surface area contributed by atoms with Crippen molar-refractivity contribution in [3.63, 3.8) is 0 Å². The molecule has 0 spiro atoms. The first kappa shape index (κ1) is 17.4. The monoisotopic (exact) mass is 334 g/mol. The van der Waals surface area contributed by atoms with Gasteiger partial charge in [-0.2, -0.15) is 0 Å². The highest BCUT2D eigenvalue weighted by Crippen LogP contribution is 2.42. The number of hydrogen-bond donors (Lipinski definition) is 0. The highest BCUT2D eigenvalue weighted by Gasteiger charge is 2.58. The lowest BCUT2D eigenvalue weighted by molar-refractivity contribution is -0.138. The van der Waals surface area contributed by atoms with E-state index in [4.69, 9.17) is 0 Å². The lowest BCUT2D eigenvalue weighted by Gasteiger charge is -2.36. The molecule has 1 saturated heterocycles. The Morgan fingerprint density at radius 3 is 2.21 bits per heavy atom. The van der Waals surface area contributed by atoms with Crippen LogP contribution in [0.4, 0.5) is 4.79 Å². The molecule has 2 saturated carbocycles. The molecule has 0 aromatic carbocycles. The highest BCUT2D eigenvalue weighted by atomic mass is 16.2. The summed E-state index contributed by atoms with van der Waals surface area (Å²) in [6, 6.07) is -0.263. The van der Waals surface area contributed by atoms with Crippen LogP contribution in [0.2, 0.25) is 0 Å². The van der Waals surface area contributed by atoms with Gasteiger partial charge in [0.1, 0.15) is 5.54 Å². The molecule has 5 nitrogen and oxygen atoms in total. The molecule has 3 amide bonds. The van der Waals surface area contributed by atoms with E-state index in [9.17, 15) is 14.4 Å². The number of urea groups is 1. The second-order valence-electron chi connectivity index (χ2n) is 7.85. The molecule has 2 aliphatic carbocycles. The van der Waals surface area contributed by atoms with Gasteiger partial charge < -0.3 is 4.90 Å². The topological polar surface area (TPSA) is 57.7 Å². The number of Topliss-reactive ketones (excluding diaryl/α,β-unsaturated/α-hetero) is 1. The molecule has 0 radical (unpaired) electrons. The Bertz CT molecular complexity index is 521. The fourth-order valence-electron chi connectivity index (χ4n) is 5.02. The molecule has 134 valence electrons. The predicted molar refractivity (Wildman–Crippen MR) is 91.4 cm³/mol. The summed E-state index contributed by atoms with van der Waals surface area (Å²) in [5, 5.41) is 0. The van der Waals surface area contributed by atoms with Crippen molar-refractivity contribution in [3.8, 4) is 0 Å². The Hall–Kier alpha value is -1.39. The minimum atomic E-state index is -0.755. The van der Waals surface area contributed by atoms with Crippen molar-refractivity contribution in [2.45, 2.75) is 77.2 Å². The van der Waals surface area contributed by atoms with Gasteiger partial charge in [0.15, 0.2) is 5.78 Å². The second-order valence-corrected chi connectivity index (χ2v) is 7.85. The number of amides is 3. The molecule has 1 aliphatic heterocycles. The molecule has 3 rings (SSSR count). The van der Waals surface area contributed by atoms with Crippen LogP contribution in [-0.2, 0) is 9.59 Å². The van der Waals surface area contributed by atoms with Gasteiger partial charge >= 0.3 is 6.03 Å². The maximum absolute atomic E-state index is 13.1. The standard InChI is InChI=1S/C19H30N2O3/c1-3-21-18(24)20(13-16(22)14-9-5-4-6-10-14)17(23)19(21,2)15-11-7-8-12-15/h14-15H,3-13H2,1-2H3. The predicted octanol–water partition coefficient (Wildman–Crippen LogP) is 3.37. The van der Waals surface area contributed by atoms with Crippen LogP contribution in [0.25, 0.3) is 0 Å². The second kappa shape index (κ2) is 6.85. The number of rotatable bonds is 5. The maximum atomic E-state index is 13.1. The fourth-order valence-corrected chi connectivity index (χ4v) is 5.02. The van der Waals surface area contributed by atoms with Gasteiger partial charge in [-0.05, 0) is 45.4 Å². The van der Waals surface area contributed by atoms with E-state index in [0.717, 1.165) is 51.4 Å². The maximum Gasteiger partial charge on any atom is 0.328 e. The van der Waals surface area contributed by atoms with Crippen LogP contribution >= 0.6 is 0 Å². The minimum absolute atomic E-state index is 0.0266. The Morgan fingerprint density at radius 2 is 1.62 bits per heavy atom. The Kier molecular flexibility index (Phi) is 4.97. The number of carbonyl (C=O) groups excluding carboxylic acids is 3. The van der Waals surface area contributed by atoms with E-state index in [1.165, 1.54) is 11.3 Å².